The molecule has 1 N–H and O–H groups in total. The number of piperidine rings is 1. The first kappa shape index (κ1) is 16.2. The molecule has 4 nitrogen and oxygen atoms in total. The molecule has 0 saturated carbocycles. The monoisotopic (exact) mass is 278 g/mol. The number of hydrogen-bond acceptors (Lipinski definition) is 3. The minimum atomic E-state index is -2.81. The number of rotatable bonds is 9. The van der Waals surface area contributed by atoms with Crippen molar-refractivity contribution >= 4 is 7.60 Å². The number of unbranched alkanes of at least 4 members (excludes halogenated alkanes) is 2. The lowest BCUT2D eigenvalue weighted by atomic mass is 10.1. The molecule has 0 spiro atoms. The fourth-order valence-electron chi connectivity index (χ4n) is 2.28. The van der Waals surface area contributed by atoms with Gasteiger partial charge in [0.15, 0.2) is 0 Å². The molecule has 1 fully saturated rings. The summed E-state index contributed by atoms with van der Waals surface area (Å²) in [7, 11) is -2.81. The molecule has 5 heteroatoms. The SMILES string of the molecule is CCCCCOP(C)(=O)OCC[NH+]1CCCCC1. The van der Waals surface area contributed by atoms with Crippen LogP contribution in [0.4, 0.5) is 0 Å². The average Bonchev–Trinajstić information content (AvgIpc) is 2.36. The van der Waals surface area contributed by atoms with E-state index in [1.54, 1.807) is 11.6 Å². The Bertz CT molecular complexity index is 255. The summed E-state index contributed by atoms with van der Waals surface area (Å²) in [4.78, 5) is 1.58. The van der Waals surface area contributed by atoms with Crippen LogP contribution in [-0.4, -0.2) is 39.5 Å². The standard InChI is InChI=1S/C13H28NO3P/c1-3-4-8-12-16-18(2,15)17-13-11-14-9-6-5-7-10-14/h3-13H2,1-2H3/p+1. The van der Waals surface area contributed by atoms with E-state index in [-0.39, 0.29) is 0 Å². The molecule has 0 aromatic carbocycles. The minimum absolute atomic E-state index is 0.552. The molecule has 0 aromatic heterocycles. The van der Waals surface area contributed by atoms with Crippen LogP contribution in [0.1, 0.15) is 45.4 Å². The molecule has 0 aromatic rings. The van der Waals surface area contributed by atoms with Gasteiger partial charge in [0.05, 0.1) is 19.7 Å². The first-order chi connectivity index (χ1) is 8.64. The summed E-state index contributed by atoms with van der Waals surface area (Å²) in [5.41, 5.74) is 0. The highest BCUT2D eigenvalue weighted by Crippen LogP contribution is 2.43. The van der Waals surface area contributed by atoms with Gasteiger partial charge in [-0.2, -0.15) is 0 Å². The lowest BCUT2D eigenvalue weighted by molar-refractivity contribution is -0.904. The van der Waals surface area contributed by atoms with E-state index >= 15 is 0 Å². The van der Waals surface area contributed by atoms with Crippen molar-refractivity contribution in [3.8, 4) is 0 Å². The summed E-state index contributed by atoms with van der Waals surface area (Å²) >= 11 is 0. The zero-order chi connectivity index (χ0) is 13.3. The third-order valence-electron chi connectivity index (χ3n) is 3.42. The molecule has 1 aliphatic heterocycles. The molecule has 18 heavy (non-hydrogen) atoms. The van der Waals surface area contributed by atoms with Crippen molar-refractivity contribution in [3.63, 3.8) is 0 Å². The number of nitrogens with one attached hydrogen (secondary N) is 1. The normalized spacial score (nSPS) is 20.8. The van der Waals surface area contributed by atoms with Crippen LogP contribution in [-0.2, 0) is 13.6 Å². The molecule has 1 saturated heterocycles. The van der Waals surface area contributed by atoms with Crippen LogP contribution in [0.3, 0.4) is 0 Å². The fourth-order valence-corrected chi connectivity index (χ4v) is 3.24. The van der Waals surface area contributed by atoms with E-state index < -0.39 is 7.60 Å². The molecule has 1 unspecified atom stereocenters. The van der Waals surface area contributed by atoms with E-state index in [1.165, 1.54) is 32.4 Å². The van der Waals surface area contributed by atoms with E-state index in [4.69, 9.17) is 9.05 Å². The second kappa shape index (κ2) is 9.08. The largest absolute Gasteiger partial charge is 0.333 e. The second-order valence-electron chi connectivity index (χ2n) is 5.21. The molecule has 1 rings (SSSR count). The molecule has 1 atom stereocenters. The van der Waals surface area contributed by atoms with Gasteiger partial charge in [-0.15, -0.1) is 0 Å². The van der Waals surface area contributed by atoms with Gasteiger partial charge in [0.2, 0.25) is 0 Å². The van der Waals surface area contributed by atoms with Crippen molar-refractivity contribution < 1.29 is 18.5 Å². The summed E-state index contributed by atoms with van der Waals surface area (Å²) in [5, 5.41) is 0. The first-order valence-electron chi connectivity index (χ1n) is 7.34. The van der Waals surface area contributed by atoms with Crippen LogP contribution in [0.2, 0.25) is 0 Å². The molecule has 1 aliphatic rings. The van der Waals surface area contributed by atoms with Crippen molar-refractivity contribution in [3.05, 3.63) is 0 Å². The summed E-state index contributed by atoms with van der Waals surface area (Å²) < 4.78 is 22.7. The van der Waals surface area contributed by atoms with E-state index in [1.807, 2.05) is 0 Å². The van der Waals surface area contributed by atoms with Gasteiger partial charge in [0.25, 0.3) is 0 Å². The Hall–Kier alpha value is 0.110. The van der Waals surface area contributed by atoms with Crippen molar-refractivity contribution in [2.75, 3.05) is 39.5 Å². The van der Waals surface area contributed by atoms with Crippen molar-refractivity contribution in [1.82, 2.24) is 0 Å². The maximum absolute atomic E-state index is 12.0. The van der Waals surface area contributed by atoms with Crippen molar-refractivity contribution in [1.29, 1.82) is 0 Å². The predicted molar refractivity (Wildman–Crippen MR) is 74.4 cm³/mol. The van der Waals surface area contributed by atoms with E-state index in [0.29, 0.717) is 13.2 Å². The molecule has 0 aliphatic carbocycles. The van der Waals surface area contributed by atoms with Crippen molar-refractivity contribution in [2.24, 2.45) is 0 Å². The van der Waals surface area contributed by atoms with Gasteiger partial charge >= 0.3 is 7.60 Å². The fraction of sp³-hybridized carbons (Fsp3) is 1.00. The summed E-state index contributed by atoms with van der Waals surface area (Å²) in [6, 6.07) is 0. The van der Waals surface area contributed by atoms with Gasteiger partial charge < -0.3 is 13.9 Å². The van der Waals surface area contributed by atoms with Gasteiger partial charge in [-0.1, -0.05) is 19.8 Å². The molecule has 0 amide bonds. The minimum Gasteiger partial charge on any atom is -0.333 e. The van der Waals surface area contributed by atoms with Gasteiger partial charge in [0, 0.05) is 6.66 Å². The van der Waals surface area contributed by atoms with Crippen LogP contribution >= 0.6 is 7.60 Å². The highest BCUT2D eigenvalue weighted by molar-refractivity contribution is 7.52. The van der Waals surface area contributed by atoms with Crippen LogP contribution in [0.5, 0.6) is 0 Å². The molecule has 0 bridgehead atoms. The van der Waals surface area contributed by atoms with E-state index in [9.17, 15) is 4.57 Å². The summed E-state index contributed by atoms with van der Waals surface area (Å²) in [6.07, 6.45) is 7.22. The number of quaternary nitrogens is 1. The lowest BCUT2D eigenvalue weighted by Gasteiger charge is -2.24. The van der Waals surface area contributed by atoms with Gasteiger partial charge in [-0.05, 0) is 25.7 Å². The lowest BCUT2D eigenvalue weighted by Crippen LogP contribution is -3.13. The summed E-state index contributed by atoms with van der Waals surface area (Å²) in [6.45, 7) is 8.25. The topological polar surface area (TPSA) is 40.0 Å². The first-order valence-corrected chi connectivity index (χ1v) is 9.33. The van der Waals surface area contributed by atoms with Crippen LogP contribution in [0.25, 0.3) is 0 Å². The van der Waals surface area contributed by atoms with E-state index in [0.717, 1.165) is 25.8 Å². The number of hydrogen-bond donors (Lipinski definition) is 1. The third-order valence-corrected chi connectivity index (χ3v) is 4.72. The molecule has 1 heterocycles. The van der Waals surface area contributed by atoms with Gasteiger partial charge in [-0.3, -0.25) is 4.57 Å². The second-order valence-corrected chi connectivity index (χ2v) is 7.26. The van der Waals surface area contributed by atoms with E-state index in [2.05, 4.69) is 6.92 Å². The Morgan fingerprint density at radius 2 is 1.72 bits per heavy atom. The Kier molecular flexibility index (Phi) is 8.16. The van der Waals surface area contributed by atoms with Crippen molar-refractivity contribution in [2.45, 2.75) is 45.4 Å². The highest BCUT2D eigenvalue weighted by atomic mass is 31.2. The van der Waals surface area contributed by atoms with Gasteiger partial charge in [0.1, 0.15) is 13.2 Å². The average molecular weight is 278 g/mol. The van der Waals surface area contributed by atoms with Crippen LogP contribution < -0.4 is 4.90 Å². The molecular formula is C13H29NO3P+. The Balaban J connectivity index is 2.06. The highest BCUT2D eigenvalue weighted by Gasteiger charge is 2.19. The molecule has 0 radical (unpaired) electrons. The quantitative estimate of drug-likeness (QED) is 0.518. The maximum Gasteiger partial charge on any atom is 0.327 e. The summed E-state index contributed by atoms with van der Waals surface area (Å²) in [5.74, 6) is 0. The number of likely N-dealkylation sites (tertiary alicyclic amines) is 1. The Labute approximate surface area is 112 Å². The van der Waals surface area contributed by atoms with Crippen LogP contribution in [0.15, 0.2) is 0 Å². The third kappa shape index (κ3) is 7.52. The zero-order valence-electron chi connectivity index (χ0n) is 12.0. The Morgan fingerprint density at radius 3 is 2.39 bits per heavy atom. The molecule has 108 valence electrons. The maximum atomic E-state index is 12.0. The Morgan fingerprint density at radius 1 is 1.06 bits per heavy atom. The van der Waals surface area contributed by atoms with Crippen LogP contribution in [0, 0.1) is 0 Å². The van der Waals surface area contributed by atoms with Gasteiger partial charge in [-0.25, -0.2) is 0 Å². The zero-order valence-corrected chi connectivity index (χ0v) is 12.8. The predicted octanol–water partition coefficient (Wildman–Crippen LogP) is 2.10. The smallest absolute Gasteiger partial charge is 0.327 e. The molecular weight excluding hydrogens is 249 g/mol.